The molecule has 1 aliphatic carbocycles. The number of hydrogen-bond acceptors (Lipinski definition) is 4. The molecule has 0 spiro atoms. The van der Waals surface area contributed by atoms with Crippen LogP contribution in [0.1, 0.15) is 39.5 Å². The summed E-state index contributed by atoms with van der Waals surface area (Å²) < 4.78 is 10.7. The number of ether oxygens (including phenoxy) is 2. The first kappa shape index (κ1) is 12.8. The summed E-state index contributed by atoms with van der Waals surface area (Å²) >= 11 is 0. The SMILES string of the molecule is COC(=O)C1(NC2CC2)CCOC(C(C)C)C1. The molecule has 0 aromatic carbocycles. The molecule has 1 saturated carbocycles. The number of hydrogen-bond donors (Lipinski definition) is 1. The highest BCUT2D eigenvalue weighted by atomic mass is 16.5. The third-order valence-electron chi connectivity index (χ3n) is 3.79. The normalized spacial score (nSPS) is 33.8. The number of rotatable bonds is 4. The summed E-state index contributed by atoms with van der Waals surface area (Å²) in [5, 5.41) is 3.49. The van der Waals surface area contributed by atoms with E-state index in [1.54, 1.807) is 0 Å². The van der Waals surface area contributed by atoms with Crippen LogP contribution >= 0.6 is 0 Å². The first-order chi connectivity index (χ1) is 8.07. The van der Waals surface area contributed by atoms with Crippen LogP contribution < -0.4 is 5.32 Å². The monoisotopic (exact) mass is 241 g/mol. The molecule has 0 radical (unpaired) electrons. The van der Waals surface area contributed by atoms with Crippen LogP contribution in [0.4, 0.5) is 0 Å². The molecule has 2 unspecified atom stereocenters. The van der Waals surface area contributed by atoms with Gasteiger partial charge in [0.25, 0.3) is 0 Å². The van der Waals surface area contributed by atoms with Gasteiger partial charge in [-0.25, -0.2) is 0 Å². The van der Waals surface area contributed by atoms with Gasteiger partial charge >= 0.3 is 5.97 Å². The van der Waals surface area contributed by atoms with Crippen molar-refractivity contribution < 1.29 is 14.3 Å². The van der Waals surface area contributed by atoms with E-state index in [-0.39, 0.29) is 12.1 Å². The maximum atomic E-state index is 12.1. The molecule has 2 atom stereocenters. The predicted octanol–water partition coefficient (Wildman–Crippen LogP) is 1.49. The van der Waals surface area contributed by atoms with Crippen LogP contribution in [0.15, 0.2) is 0 Å². The van der Waals surface area contributed by atoms with Gasteiger partial charge in [0.1, 0.15) is 5.54 Å². The number of nitrogens with one attached hydrogen (secondary N) is 1. The van der Waals surface area contributed by atoms with Crippen molar-refractivity contribution in [3.05, 3.63) is 0 Å². The largest absolute Gasteiger partial charge is 0.468 e. The Morgan fingerprint density at radius 1 is 1.47 bits per heavy atom. The van der Waals surface area contributed by atoms with Crippen molar-refractivity contribution in [2.75, 3.05) is 13.7 Å². The van der Waals surface area contributed by atoms with Crippen LogP contribution in [0.2, 0.25) is 0 Å². The number of esters is 1. The lowest BCUT2D eigenvalue weighted by Crippen LogP contribution is -2.59. The van der Waals surface area contributed by atoms with E-state index in [0.29, 0.717) is 18.6 Å². The van der Waals surface area contributed by atoms with Gasteiger partial charge in [-0.2, -0.15) is 0 Å². The van der Waals surface area contributed by atoms with Crippen LogP contribution in [-0.2, 0) is 14.3 Å². The average Bonchev–Trinajstić information content (AvgIpc) is 3.12. The maximum absolute atomic E-state index is 12.1. The molecule has 1 aliphatic heterocycles. The van der Waals surface area contributed by atoms with Crippen LogP contribution in [0.25, 0.3) is 0 Å². The second kappa shape index (κ2) is 4.94. The molecule has 2 rings (SSSR count). The lowest BCUT2D eigenvalue weighted by atomic mass is 9.83. The van der Waals surface area contributed by atoms with E-state index in [1.165, 1.54) is 20.0 Å². The highest BCUT2D eigenvalue weighted by molar-refractivity contribution is 5.81. The zero-order chi connectivity index (χ0) is 12.5. The highest BCUT2D eigenvalue weighted by Crippen LogP contribution is 2.33. The lowest BCUT2D eigenvalue weighted by molar-refractivity contribution is -0.157. The summed E-state index contributed by atoms with van der Waals surface area (Å²) in [6.45, 7) is 4.90. The smallest absolute Gasteiger partial charge is 0.326 e. The van der Waals surface area contributed by atoms with Crippen LogP contribution in [0.3, 0.4) is 0 Å². The zero-order valence-electron chi connectivity index (χ0n) is 11.0. The average molecular weight is 241 g/mol. The van der Waals surface area contributed by atoms with Crippen molar-refractivity contribution in [1.82, 2.24) is 5.32 Å². The fraction of sp³-hybridized carbons (Fsp3) is 0.923. The molecule has 2 aliphatic rings. The quantitative estimate of drug-likeness (QED) is 0.757. The molecule has 0 aromatic heterocycles. The van der Waals surface area contributed by atoms with Gasteiger partial charge in [0.2, 0.25) is 0 Å². The van der Waals surface area contributed by atoms with Gasteiger partial charge in [0.15, 0.2) is 0 Å². The minimum Gasteiger partial charge on any atom is -0.468 e. The van der Waals surface area contributed by atoms with Crippen molar-refractivity contribution in [3.8, 4) is 0 Å². The van der Waals surface area contributed by atoms with E-state index in [0.717, 1.165) is 12.8 Å². The third-order valence-corrected chi connectivity index (χ3v) is 3.79. The van der Waals surface area contributed by atoms with E-state index in [1.807, 2.05) is 0 Å². The fourth-order valence-electron chi connectivity index (χ4n) is 2.51. The lowest BCUT2D eigenvalue weighted by Gasteiger charge is -2.40. The van der Waals surface area contributed by atoms with Gasteiger partial charge in [-0.3, -0.25) is 10.1 Å². The summed E-state index contributed by atoms with van der Waals surface area (Å²) in [5.41, 5.74) is -0.511. The molecular formula is C13H23NO3. The molecule has 4 nitrogen and oxygen atoms in total. The zero-order valence-corrected chi connectivity index (χ0v) is 11.0. The molecule has 1 saturated heterocycles. The van der Waals surface area contributed by atoms with E-state index < -0.39 is 5.54 Å². The van der Waals surface area contributed by atoms with Crippen LogP contribution in [0.5, 0.6) is 0 Å². The Hall–Kier alpha value is -0.610. The highest BCUT2D eigenvalue weighted by Gasteiger charge is 2.47. The topological polar surface area (TPSA) is 47.6 Å². The predicted molar refractivity (Wildman–Crippen MR) is 64.7 cm³/mol. The number of carbonyl (C=O) groups excluding carboxylic acids is 1. The van der Waals surface area contributed by atoms with E-state index >= 15 is 0 Å². The van der Waals surface area contributed by atoms with Crippen molar-refractivity contribution >= 4 is 5.97 Å². The minimum atomic E-state index is -0.511. The summed E-state index contributed by atoms with van der Waals surface area (Å²) in [6, 6.07) is 0.500. The molecule has 98 valence electrons. The summed E-state index contributed by atoms with van der Waals surface area (Å²) in [5.74, 6) is 0.304. The molecule has 0 amide bonds. The number of carbonyl (C=O) groups is 1. The minimum absolute atomic E-state index is 0.127. The van der Waals surface area contributed by atoms with E-state index in [9.17, 15) is 4.79 Å². The van der Waals surface area contributed by atoms with Gasteiger partial charge in [-0.1, -0.05) is 13.8 Å². The molecule has 17 heavy (non-hydrogen) atoms. The Kier molecular flexibility index (Phi) is 3.73. The van der Waals surface area contributed by atoms with Gasteiger partial charge in [-0.15, -0.1) is 0 Å². The molecule has 1 heterocycles. The van der Waals surface area contributed by atoms with Crippen molar-refractivity contribution in [2.24, 2.45) is 5.92 Å². The van der Waals surface area contributed by atoms with Crippen LogP contribution in [0, 0.1) is 5.92 Å². The maximum Gasteiger partial charge on any atom is 0.326 e. The van der Waals surface area contributed by atoms with Gasteiger partial charge < -0.3 is 9.47 Å². The molecule has 1 N–H and O–H groups in total. The van der Waals surface area contributed by atoms with Crippen molar-refractivity contribution in [2.45, 2.75) is 57.2 Å². The van der Waals surface area contributed by atoms with Gasteiger partial charge in [0, 0.05) is 19.1 Å². The first-order valence-corrected chi connectivity index (χ1v) is 6.55. The second-order valence-corrected chi connectivity index (χ2v) is 5.60. The molecule has 2 fully saturated rings. The van der Waals surface area contributed by atoms with E-state index in [2.05, 4.69) is 19.2 Å². The molecular weight excluding hydrogens is 218 g/mol. The molecule has 4 heteroatoms. The Labute approximate surface area is 103 Å². The second-order valence-electron chi connectivity index (χ2n) is 5.60. The number of methoxy groups -OCH3 is 1. The van der Waals surface area contributed by atoms with Gasteiger partial charge in [-0.05, 0) is 25.2 Å². The Morgan fingerprint density at radius 2 is 2.18 bits per heavy atom. The third kappa shape index (κ3) is 2.80. The van der Waals surface area contributed by atoms with Crippen molar-refractivity contribution in [1.29, 1.82) is 0 Å². The Balaban J connectivity index is 2.10. The standard InChI is InChI=1S/C13H23NO3/c1-9(2)11-8-13(6-7-17-11,12(15)16-3)14-10-4-5-10/h9-11,14H,4-8H2,1-3H3. The van der Waals surface area contributed by atoms with E-state index in [4.69, 9.17) is 9.47 Å². The Morgan fingerprint density at radius 3 is 2.71 bits per heavy atom. The van der Waals surface area contributed by atoms with Gasteiger partial charge in [0.05, 0.1) is 13.2 Å². The summed E-state index contributed by atoms with van der Waals surface area (Å²) in [7, 11) is 1.47. The first-order valence-electron chi connectivity index (χ1n) is 6.55. The van der Waals surface area contributed by atoms with Crippen molar-refractivity contribution in [3.63, 3.8) is 0 Å². The Bertz CT molecular complexity index is 288. The summed E-state index contributed by atoms with van der Waals surface area (Å²) in [6.07, 6.45) is 3.94. The summed E-state index contributed by atoms with van der Waals surface area (Å²) in [4.78, 5) is 12.1. The molecule has 0 bridgehead atoms. The van der Waals surface area contributed by atoms with Crippen LogP contribution in [-0.4, -0.2) is 37.4 Å². The fourth-order valence-corrected chi connectivity index (χ4v) is 2.51. The molecule has 0 aromatic rings.